The third kappa shape index (κ3) is 3.93. The van der Waals surface area contributed by atoms with Crippen LogP contribution in [0.15, 0.2) is 6.07 Å². The molecule has 0 spiro atoms. The Balaban J connectivity index is 1.86. The highest BCUT2D eigenvalue weighted by atomic mass is 19.1. The van der Waals surface area contributed by atoms with Crippen LogP contribution in [-0.2, 0) is 32.1 Å². The van der Waals surface area contributed by atoms with Gasteiger partial charge in [0.25, 0.3) is 0 Å². The van der Waals surface area contributed by atoms with Gasteiger partial charge in [-0.1, -0.05) is 0 Å². The Bertz CT molecular complexity index is 1230. The van der Waals surface area contributed by atoms with Gasteiger partial charge in [-0.15, -0.1) is 0 Å². The second-order valence-corrected chi connectivity index (χ2v) is 10.8. The molecule has 1 aromatic carbocycles. The number of rotatable bonds is 7. The SMILES string of the molecule is CN(C)c1cc(CNCCF)c(O)c2c1C[C@H]1C[C@H]3[C@H](N(C)C)C(=O)C(C(N)=O)C(=O)[C@@]3(O)C(=O)C1C2=O. The Morgan fingerprint density at radius 3 is 2.39 bits per heavy atom. The van der Waals surface area contributed by atoms with Crippen LogP contribution in [0, 0.1) is 23.7 Å². The number of primary amides is 1. The molecule has 4 rings (SSSR count). The summed E-state index contributed by atoms with van der Waals surface area (Å²) in [6.45, 7) is -0.523. The molecule has 2 unspecified atom stereocenters. The Labute approximate surface area is 219 Å². The predicted molar refractivity (Wildman–Crippen MR) is 133 cm³/mol. The lowest BCUT2D eigenvalue weighted by Gasteiger charge is -2.52. The number of carbonyl (C=O) groups excluding carboxylic acids is 5. The lowest BCUT2D eigenvalue weighted by Crippen LogP contribution is -2.74. The molecule has 0 heterocycles. The first-order chi connectivity index (χ1) is 17.8. The van der Waals surface area contributed by atoms with Crippen molar-refractivity contribution >= 4 is 34.7 Å². The number of anilines is 1. The summed E-state index contributed by atoms with van der Waals surface area (Å²) in [6, 6.07) is 0.545. The fourth-order valence-electron chi connectivity index (χ4n) is 6.53. The average molecular weight is 533 g/mol. The second kappa shape index (κ2) is 9.83. The fourth-order valence-corrected chi connectivity index (χ4v) is 6.53. The molecule has 38 heavy (non-hydrogen) atoms. The number of fused-ring (bicyclic) bond motifs is 3. The van der Waals surface area contributed by atoms with Gasteiger partial charge in [-0.25, -0.2) is 4.39 Å². The first kappa shape index (κ1) is 27.8. The minimum absolute atomic E-state index is 0.0165. The third-order valence-electron chi connectivity index (χ3n) is 8.19. The highest BCUT2D eigenvalue weighted by Gasteiger charge is 2.69. The maximum Gasteiger partial charge on any atom is 0.235 e. The summed E-state index contributed by atoms with van der Waals surface area (Å²) in [5.41, 5.74) is 3.95. The number of halogens is 1. The molecule has 3 aliphatic rings. The number of likely N-dealkylation sites (N-methyl/N-ethyl adjacent to an activating group) is 1. The molecular formula is C26H33FN4O7. The van der Waals surface area contributed by atoms with Gasteiger partial charge < -0.3 is 26.2 Å². The van der Waals surface area contributed by atoms with Crippen molar-refractivity contribution in [2.75, 3.05) is 46.3 Å². The summed E-state index contributed by atoms with van der Waals surface area (Å²) in [5.74, 6) is -10.9. The van der Waals surface area contributed by atoms with Crippen molar-refractivity contribution in [2.45, 2.75) is 31.0 Å². The summed E-state index contributed by atoms with van der Waals surface area (Å²) in [6.07, 6.45) is 0.155. The number of amides is 1. The molecule has 1 amide bonds. The Hall–Kier alpha value is -3.22. The van der Waals surface area contributed by atoms with Gasteiger partial charge in [-0.2, -0.15) is 0 Å². The van der Waals surface area contributed by atoms with Crippen molar-refractivity contribution in [3.63, 3.8) is 0 Å². The molecule has 2 fully saturated rings. The minimum atomic E-state index is -2.77. The number of phenolic OH excluding ortho intramolecular Hbond substituents is 1. The maximum absolute atomic E-state index is 13.9. The van der Waals surface area contributed by atoms with Crippen molar-refractivity contribution < 1.29 is 38.6 Å². The molecule has 1 aromatic rings. The largest absolute Gasteiger partial charge is 0.507 e. The van der Waals surface area contributed by atoms with Gasteiger partial charge in [-0.05, 0) is 44.5 Å². The average Bonchev–Trinajstić information content (AvgIpc) is 2.82. The van der Waals surface area contributed by atoms with Crippen molar-refractivity contribution in [3.8, 4) is 5.75 Å². The van der Waals surface area contributed by atoms with Gasteiger partial charge in [0, 0.05) is 44.4 Å². The third-order valence-corrected chi connectivity index (χ3v) is 8.19. The normalized spacial score (nSPS) is 30.7. The first-order valence-electron chi connectivity index (χ1n) is 12.4. The smallest absolute Gasteiger partial charge is 0.235 e. The van der Waals surface area contributed by atoms with Crippen LogP contribution in [0.2, 0.25) is 0 Å². The highest BCUT2D eigenvalue weighted by Crippen LogP contribution is 2.52. The van der Waals surface area contributed by atoms with Gasteiger partial charge in [0.05, 0.1) is 17.5 Å². The molecule has 2 saturated carbocycles. The molecule has 0 aliphatic heterocycles. The van der Waals surface area contributed by atoms with E-state index in [1.165, 1.54) is 19.0 Å². The molecule has 0 radical (unpaired) electrons. The molecule has 5 N–H and O–H groups in total. The lowest BCUT2D eigenvalue weighted by atomic mass is 9.52. The van der Waals surface area contributed by atoms with Crippen LogP contribution in [0.25, 0.3) is 0 Å². The van der Waals surface area contributed by atoms with Crippen molar-refractivity contribution in [1.29, 1.82) is 0 Å². The number of alkyl halides is 1. The number of hydrogen-bond donors (Lipinski definition) is 4. The quantitative estimate of drug-likeness (QED) is 0.252. The molecule has 6 atom stereocenters. The van der Waals surface area contributed by atoms with E-state index < -0.39 is 71.0 Å². The Morgan fingerprint density at radius 1 is 1.18 bits per heavy atom. The van der Waals surface area contributed by atoms with Gasteiger partial charge >= 0.3 is 0 Å². The number of aliphatic hydroxyl groups is 1. The second-order valence-electron chi connectivity index (χ2n) is 10.8. The monoisotopic (exact) mass is 532 g/mol. The van der Waals surface area contributed by atoms with Gasteiger partial charge in [0.1, 0.15) is 12.4 Å². The van der Waals surface area contributed by atoms with E-state index >= 15 is 0 Å². The minimum Gasteiger partial charge on any atom is -0.507 e. The fraction of sp³-hybridized carbons (Fsp3) is 0.577. The first-order valence-corrected chi connectivity index (χ1v) is 12.4. The van der Waals surface area contributed by atoms with Crippen LogP contribution >= 0.6 is 0 Å². The van der Waals surface area contributed by atoms with Crippen LogP contribution in [0.4, 0.5) is 10.1 Å². The van der Waals surface area contributed by atoms with Crippen LogP contribution in [0.5, 0.6) is 5.75 Å². The number of ketones is 4. The van der Waals surface area contributed by atoms with Crippen LogP contribution in [0.1, 0.15) is 27.9 Å². The van der Waals surface area contributed by atoms with E-state index in [2.05, 4.69) is 5.32 Å². The van der Waals surface area contributed by atoms with Crippen LogP contribution in [0.3, 0.4) is 0 Å². The maximum atomic E-state index is 13.9. The van der Waals surface area contributed by atoms with Gasteiger partial charge in [0.15, 0.2) is 34.7 Å². The molecular weight excluding hydrogens is 499 g/mol. The molecule has 3 aliphatic carbocycles. The zero-order valence-corrected chi connectivity index (χ0v) is 21.8. The van der Waals surface area contributed by atoms with E-state index in [4.69, 9.17) is 5.73 Å². The number of nitrogens with zero attached hydrogens (tertiary/aromatic N) is 2. The number of Topliss-reactive ketones (excluding diaryl/α,β-unsaturated/α-hetero) is 4. The number of benzene rings is 1. The number of nitrogens with one attached hydrogen (secondary N) is 1. The summed E-state index contributed by atoms with van der Waals surface area (Å²) >= 11 is 0. The van der Waals surface area contributed by atoms with E-state index in [-0.39, 0.29) is 37.2 Å². The number of carbonyl (C=O) groups is 5. The number of phenols is 1. The summed E-state index contributed by atoms with van der Waals surface area (Å²) in [7, 11) is 6.60. The van der Waals surface area contributed by atoms with Crippen molar-refractivity contribution in [2.24, 2.45) is 29.4 Å². The van der Waals surface area contributed by atoms with E-state index in [0.717, 1.165) is 0 Å². The van der Waals surface area contributed by atoms with Crippen LogP contribution in [-0.4, -0.2) is 97.2 Å². The molecule has 12 heteroatoms. The summed E-state index contributed by atoms with van der Waals surface area (Å²) in [5, 5.41) is 25.6. The summed E-state index contributed by atoms with van der Waals surface area (Å²) in [4.78, 5) is 69.6. The molecule has 0 saturated heterocycles. The zero-order valence-electron chi connectivity index (χ0n) is 21.8. The number of hydrogen-bond acceptors (Lipinski definition) is 10. The molecule has 0 aromatic heterocycles. The van der Waals surface area contributed by atoms with Crippen LogP contribution < -0.4 is 16.0 Å². The number of nitrogens with two attached hydrogens (primary N) is 1. The van der Waals surface area contributed by atoms with E-state index in [0.29, 0.717) is 16.8 Å². The summed E-state index contributed by atoms with van der Waals surface area (Å²) < 4.78 is 12.6. The molecule has 206 valence electrons. The van der Waals surface area contributed by atoms with Crippen molar-refractivity contribution in [1.82, 2.24) is 10.2 Å². The van der Waals surface area contributed by atoms with E-state index in [9.17, 15) is 38.6 Å². The van der Waals surface area contributed by atoms with Crippen molar-refractivity contribution in [3.05, 3.63) is 22.8 Å². The Kier molecular flexibility index (Phi) is 7.19. The van der Waals surface area contributed by atoms with E-state index in [1.54, 1.807) is 25.1 Å². The number of aromatic hydroxyl groups is 1. The van der Waals surface area contributed by atoms with E-state index in [1.807, 2.05) is 0 Å². The standard InChI is InChI=1S/C26H33FN4O7/c1-30(2)15-9-12(10-29-6-5-27)20(32)17-13(15)7-11-8-14-19(31(3)4)22(34)18(25(28)37)24(36)26(14,38)23(35)16(11)21(17)33/h9,11,14,16,18-19,29,32,38H,5-8,10H2,1-4H3,(H2,28,37)/t11-,14-,16?,18?,19-,26-/m0/s1. The highest BCUT2D eigenvalue weighted by molar-refractivity contribution is 6.32. The Morgan fingerprint density at radius 2 is 1.84 bits per heavy atom. The van der Waals surface area contributed by atoms with Gasteiger partial charge in [-0.3, -0.25) is 28.9 Å². The predicted octanol–water partition coefficient (Wildman–Crippen LogP) is -1.01. The van der Waals surface area contributed by atoms with Gasteiger partial charge in [0.2, 0.25) is 5.91 Å². The molecule has 11 nitrogen and oxygen atoms in total. The molecule has 0 bridgehead atoms. The zero-order chi connectivity index (χ0) is 28.3. The lowest BCUT2D eigenvalue weighted by molar-refractivity contribution is -0.181. The topological polar surface area (TPSA) is 170 Å².